The molecule has 11 heteroatoms. The van der Waals surface area contributed by atoms with E-state index in [4.69, 9.17) is 0 Å². The Labute approximate surface area is 153 Å². The van der Waals surface area contributed by atoms with Crippen LogP contribution in [0.2, 0.25) is 0 Å². The predicted molar refractivity (Wildman–Crippen MR) is 73.6 cm³/mol. The van der Waals surface area contributed by atoms with Crippen LogP contribution in [0.25, 0.3) is 0 Å². The second kappa shape index (κ2) is 152. The van der Waals surface area contributed by atoms with Gasteiger partial charge in [0, 0.05) is 0 Å². The number of rotatable bonds is 0. The zero-order valence-corrected chi connectivity index (χ0v) is 15.2. The molecular formula is H11Cl10Na. The topological polar surface area (TPSA) is 0 Å². The average molecular weight is 389 g/mol. The van der Waals surface area contributed by atoms with Gasteiger partial charge in [-0.15, -0.1) is 124 Å². The maximum absolute atomic E-state index is 0. The molecule has 0 aromatic rings. The minimum absolute atomic E-state index is 0. The molecule has 0 saturated heterocycles. The number of hydrogen-bond acceptors (Lipinski definition) is 0. The molecule has 0 atom stereocenters. The summed E-state index contributed by atoms with van der Waals surface area (Å²) in [6.45, 7) is 0. The molecule has 0 spiro atoms. The molecule has 0 aliphatic rings. The molecule has 0 radical (unpaired) electrons. The van der Waals surface area contributed by atoms with Crippen LogP contribution in [-0.2, 0) is 0 Å². The standard InChI is InChI=1S/10ClH.Na.H/h10*1H;;/q;;;;;;;;;;+1;-1. The Morgan fingerprint density at radius 2 is 0.273 bits per heavy atom. The van der Waals surface area contributed by atoms with E-state index in [0.717, 1.165) is 0 Å². The molecule has 0 nitrogen and oxygen atoms in total. The normalized spacial score (nSPS) is 0. The summed E-state index contributed by atoms with van der Waals surface area (Å²) in [5, 5.41) is 0. The van der Waals surface area contributed by atoms with Crippen molar-refractivity contribution >= 4 is 124 Å². The van der Waals surface area contributed by atoms with Crippen molar-refractivity contribution < 1.29 is 31.0 Å². The third-order valence-electron chi connectivity index (χ3n) is 0. The summed E-state index contributed by atoms with van der Waals surface area (Å²) in [5.74, 6) is 0. The second-order valence-corrected chi connectivity index (χ2v) is 0. The zero-order chi connectivity index (χ0) is 0. The van der Waals surface area contributed by atoms with Crippen LogP contribution in [-0.4, -0.2) is 0 Å². The van der Waals surface area contributed by atoms with Crippen LogP contribution in [0.15, 0.2) is 0 Å². The molecule has 0 unspecified atom stereocenters. The van der Waals surface area contributed by atoms with Crippen molar-refractivity contribution in [3.8, 4) is 0 Å². The fraction of sp³-hybridized carbons (Fsp3) is 0. The quantitative estimate of drug-likeness (QED) is 0.550. The molecular weight excluding hydrogens is 378 g/mol. The van der Waals surface area contributed by atoms with E-state index < -0.39 is 0 Å². The average Bonchev–Trinajstić information content (AvgIpc) is 0. The molecule has 0 aliphatic carbocycles. The van der Waals surface area contributed by atoms with Crippen LogP contribution in [0.3, 0.4) is 0 Å². The Balaban J connectivity index is 0. The van der Waals surface area contributed by atoms with Crippen LogP contribution in [0, 0.1) is 0 Å². The van der Waals surface area contributed by atoms with Crippen LogP contribution < -0.4 is 29.6 Å². The first-order valence-corrected chi connectivity index (χ1v) is 0. The van der Waals surface area contributed by atoms with Gasteiger partial charge in [0.1, 0.15) is 0 Å². The molecule has 0 aromatic heterocycles. The van der Waals surface area contributed by atoms with Gasteiger partial charge >= 0.3 is 29.6 Å². The van der Waals surface area contributed by atoms with Gasteiger partial charge in [-0.2, -0.15) is 0 Å². The van der Waals surface area contributed by atoms with Crippen LogP contribution in [0.5, 0.6) is 0 Å². The molecule has 0 fully saturated rings. The minimum Gasteiger partial charge on any atom is -1.00 e. The second-order valence-electron chi connectivity index (χ2n) is 0. The van der Waals surface area contributed by atoms with Crippen LogP contribution in [0.4, 0.5) is 0 Å². The minimum atomic E-state index is 0. The Morgan fingerprint density at radius 1 is 0.273 bits per heavy atom. The Morgan fingerprint density at radius 3 is 0.273 bits per heavy atom. The van der Waals surface area contributed by atoms with Gasteiger partial charge in [-0.25, -0.2) is 0 Å². The van der Waals surface area contributed by atoms with Crippen molar-refractivity contribution in [2.75, 3.05) is 0 Å². The largest absolute Gasteiger partial charge is 1.00 e. The molecule has 0 aromatic carbocycles. The zero-order valence-electron chi connectivity index (χ0n) is 6.08. The van der Waals surface area contributed by atoms with Crippen molar-refractivity contribution in [2.45, 2.75) is 0 Å². The molecule has 0 rings (SSSR count). The molecule has 0 aliphatic heterocycles. The molecule has 0 saturated carbocycles. The smallest absolute Gasteiger partial charge is 1.00 e. The summed E-state index contributed by atoms with van der Waals surface area (Å²) in [4.78, 5) is 0. The van der Waals surface area contributed by atoms with Gasteiger partial charge in [0.25, 0.3) is 0 Å². The third kappa shape index (κ3) is 129. The first kappa shape index (κ1) is 189. The SMILES string of the molecule is Cl.Cl.Cl.Cl.Cl.Cl.Cl.Cl.Cl.Cl.[H-].[Na+]. The van der Waals surface area contributed by atoms with E-state index in [0.29, 0.717) is 0 Å². The van der Waals surface area contributed by atoms with E-state index in [1.165, 1.54) is 0 Å². The maximum Gasteiger partial charge on any atom is 1.00 e. The van der Waals surface area contributed by atoms with Crippen molar-refractivity contribution in [1.82, 2.24) is 0 Å². The fourth-order valence-electron chi connectivity index (χ4n) is 0. The number of halogens is 10. The maximum atomic E-state index is 0. The Kier molecular flexibility index (Phi) is 2620. The summed E-state index contributed by atoms with van der Waals surface area (Å²) in [5.41, 5.74) is 0. The molecule has 11 heavy (non-hydrogen) atoms. The number of hydrogen-bond donors (Lipinski definition) is 0. The summed E-state index contributed by atoms with van der Waals surface area (Å²) in [6, 6.07) is 0. The van der Waals surface area contributed by atoms with E-state index in [1.807, 2.05) is 0 Å². The summed E-state index contributed by atoms with van der Waals surface area (Å²) in [6.07, 6.45) is 0. The summed E-state index contributed by atoms with van der Waals surface area (Å²) < 4.78 is 0. The first-order chi connectivity index (χ1) is 0. The summed E-state index contributed by atoms with van der Waals surface area (Å²) in [7, 11) is 0. The van der Waals surface area contributed by atoms with Crippen molar-refractivity contribution in [3.63, 3.8) is 0 Å². The van der Waals surface area contributed by atoms with Crippen molar-refractivity contribution in [3.05, 3.63) is 0 Å². The van der Waals surface area contributed by atoms with Crippen molar-refractivity contribution in [2.24, 2.45) is 0 Å². The van der Waals surface area contributed by atoms with Gasteiger partial charge in [-0.05, 0) is 0 Å². The van der Waals surface area contributed by atoms with Crippen molar-refractivity contribution in [1.29, 1.82) is 0 Å². The van der Waals surface area contributed by atoms with E-state index in [9.17, 15) is 0 Å². The predicted octanol–water partition coefficient (Wildman–Crippen LogP) is 1.33. The molecule has 0 heterocycles. The monoisotopic (exact) mass is 384 g/mol. The molecule has 82 valence electrons. The van der Waals surface area contributed by atoms with Gasteiger partial charge in [-0.3, -0.25) is 0 Å². The van der Waals surface area contributed by atoms with Gasteiger partial charge in [-0.1, -0.05) is 0 Å². The van der Waals surface area contributed by atoms with Gasteiger partial charge in [0.05, 0.1) is 0 Å². The summed E-state index contributed by atoms with van der Waals surface area (Å²) >= 11 is 0. The molecule has 0 bridgehead atoms. The Hall–Kier alpha value is 3.90. The molecule has 0 N–H and O–H groups in total. The third-order valence-corrected chi connectivity index (χ3v) is 0. The van der Waals surface area contributed by atoms with E-state index in [-0.39, 0.29) is 155 Å². The van der Waals surface area contributed by atoms with Gasteiger partial charge in [0.15, 0.2) is 0 Å². The van der Waals surface area contributed by atoms with Gasteiger partial charge < -0.3 is 1.43 Å². The fourth-order valence-corrected chi connectivity index (χ4v) is 0. The Bertz CT molecular complexity index is 9.80. The van der Waals surface area contributed by atoms with Crippen LogP contribution in [0.1, 0.15) is 1.43 Å². The molecule has 0 amide bonds. The van der Waals surface area contributed by atoms with E-state index in [1.54, 1.807) is 0 Å². The van der Waals surface area contributed by atoms with Crippen LogP contribution >= 0.6 is 124 Å². The van der Waals surface area contributed by atoms with Gasteiger partial charge in [0.2, 0.25) is 0 Å². The van der Waals surface area contributed by atoms with E-state index >= 15 is 0 Å². The first-order valence-electron chi connectivity index (χ1n) is 0. The van der Waals surface area contributed by atoms with E-state index in [2.05, 4.69) is 0 Å².